The summed E-state index contributed by atoms with van der Waals surface area (Å²) in [4.78, 5) is 28.2. The van der Waals surface area contributed by atoms with Crippen LogP contribution < -0.4 is 4.90 Å². The fraction of sp³-hybridized carbons (Fsp3) is 0.500. The lowest BCUT2D eigenvalue weighted by Crippen LogP contribution is -2.33. The zero-order chi connectivity index (χ0) is 17.9. The second-order valence-electron chi connectivity index (χ2n) is 5.77. The number of para-hydroxylation sites is 1. The summed E-state index contributed by atoms with van der Waals surface area (Å²) in [6.45, 7) is 5.18. The summed E-state index contributed by atoms with van der Waals surface area (Å²) in [5.74, 6) is -0.947. The second-order valence-corrected chi connectivity index (χ2v) is 8.60. The fourth-order valence-electron chi connectivity index (χ4n) is 2.98. The molecule has 0 radical (unpaired) electrons. The first-order valence-corrected chi connectivity index (χ1v) is 10.4. The van der Waals surface area contributed by atoms with E-state index in [2.05, 4.69) is 0 Å². The molecule has 1 aromatic rings. The predicted octanol–water partition coefficient (Wildman–Crippen LogP) is 2.09. The third-order valence-electron chi connectivity index (χ3n) is 4.12. The maximum absolute atomic E-state index is 12.7. The van der Waals surface area contributed by atoms with Crippen LogP contribution in [-0.4, -0.2) is 50.5 Å². The molecule has 1 aliphatic rings. The van der Waals surface area contributed by atoms with Crippen LogP contribution in [0.25, 0.3) is 0 Å². The molecule has 1 atom stereocenters. The van der Waals surface area contributed by atoms with Crippen molar-refractivity contribution in [2.24, 2.45) is 5.92 Å². The normalized spacial score (nSPS) is 18.0. The summed E-state index contributed by atoms with van der Waals surface area (Å²) in [6.07, 6.45) is 0.111. The van der Waals surface area contributed by atoms with E-state index in [1.165, 1.54) is 4.90 Å². The first-order valence-electron chi connectivity index (χ1n) is 7.87. The van der Waals surface area contributed by atoms with E-state index >= 15 is 0 Å². The third-order valence-corrected chi connectivity index (χ3v) is 5.36. The van der Waals surface area contributed by atoms with Gasteiger partial charge in [0.2, 0.25) is 15.0 Å². The average molecular weight is 373 g/mol. The molecule has 6 nitrogen and oxygen atoms in total. The molecule has 0 aliphatic carbocycles. The smallest absolute Gasteiger partial charge is 0.255 e. The van der Waals surface area contributed by atoms with E-state index < -0.39 is 9.05 Å². The van der Waals surface area contributed by atoms with Gasteiger partial charge in [0.05, 0.1) is 17.0 Å². The standard InChI is InChI=1S/C16H21ClN2O4S/c1-3-18(4-2)16(21)13-7-5-6-8-14(13)19-10-12(9-15(19)20)11-24(17,22)23/h5-8,12H,3-4,9-11H2,1-2H3. The first kappa shape index (κ1) is 18.7. The van der Waals surface area contributed by atoms with E-state index in [4.69, 9.17) is 10.7 Å². The molecule has 8 heteroatoms. The van der Waals surface area contributed by atoms with Gasteiger partial charge in [-0.3, -0.25) is 9.59 Å². The molecule has 1 heterocycles. The molecule has 1 fully saturated rings. The van der Waals surface area contributed by atoms with Crippen molar-refractivity contribution in [3.05, 3.63) is 29.8 Å². The highest BCUT2D eigenvalue weighted by atomic mass is 35.7. The van der Waals surface area contributed by atoms with Crippen LogP contribution in [0.4, 0.5) is 5.69 Å². The van der Waals surface area contributed by atoms with Gasteiger partial charge in [0, 0.05) is 42.7 Å². The van der Waals surface area contributed by atoms with E-state index in [0.29, 0.717) is 24.3 Å². The van der Waals surface area contributed by atoms with Gasteiger partial charge in [0.25, 0.3) is 5.91 Å². The van der Waals surface area contributed by atoms with E-state index in [1.54, 1.807) is 29.2 Å². The van der Waals surface area contributed by atoms with Gasteiger partial charge < -0.3 is 9.80 Å². The van der Waals surface area contributed by atoms with Crippen molar-refractivity contribution in [2.45, 2.75) is 20.3 Å². The van der Waals surface area contributed by atoms with Crippen LogP contribution in [0.1, 0.15) is 30.6 Å². The van der Waals surface area contributed by atoms with Crippen molar-refractivity contribution >= 4 is 37.2 Å². The molecule has 1 saturated heterocycles. The monoisotopic (exact) mass is 372 g/mol. The number of carbonyl (C=O) groups excluding carboxylic acids is 2. The van der Waals surface area contributed by atoms with Crippen molar-refractivity contribution in [3.63, 3.8) is 0 Å². The number of anilines is 1. The van der Waals surface area contributed by atoms with Gasteiger partial charge in [-0.15, -0.1) is 0 Å². The van der Waals surface area contributed by atoms with Crippen LogP contribution in [0.5, 0.6) is 0 Å². The predicted molar refractivity (Wildman–Crippen MR) is 93.8 cm³/mol. The van der Waals surface area contributed by atoms with Crippen LogP contribution in [0.15, 0.2) is 24.3 Å². The number of amides is 2. The Morgan fingerprint density at radius 3 is 2.50 bits per heavy atom. The summed E-state index contributed by atoms with van der Waals surface area (Å²) < 4.78 is 22.5. The first-order chi connectivity index (χ1) is 11.3. The molecule has 132 valence electrons. The maximum atomic E-state index is 12.7. The zero-order valence-electron chi connectivity index (χ0n) is 13.7. The van der Waals surface area contributed by atoms with Gasteiger partial charge in [-0.25, -0.2) is 8.42 Å². The topological polar surface area (TPSA) is 74.8 Å². The Bertz CT molecular complexity index is 731. The van der Waals surface area contributed by atoms with Crippen molar-refractivity contribution < 1.29 is 18.0 Å². The molecule has 2 rings (SSSR count). The highest BCUT2D eigenvalue weighted by Gasteiger charge is 2.35. The van der Waals surface area contributed by atoms with Crippen molar-refractivity contribution in [1.29, 1.82) is 0 Å². The second kappa shape index (κ2) is 7.53. The molecule has 0 spiro atoms. The minimum absolute atomic E-state index is 0.111. The van der Waals surface area contributed by atoms with Gasteiger partial charge in [-0.2, -0.15) is 0 Å². The number of hydrogen-bond donors (Lipinski definition) is 0. The molecule has 0 bridgehead atoms. The summed E-state index contributed by atoms with van der Waals surface area (Å²) in [5, 5.41) is 0. The highest BCUT2D eigenvalue weighted by molar-refractivity contribution is 8.13. The Morgan fingerprint density at radius 1 is 1.29 bits per heavy atom. The Hall–Kier alpha value is -1.60. The number of carbonyl (C=O) groups is 2. The molecule has 0 N–H and O–H groups in total. The molecular weight excluding hydrogens is 352 g/mol. The van der Waals surface area contributed by atoms with Gasteiger partial charge in [0.1, 0.15) is 0 Å². The van der Waals surface area contributed by atoms with E-state index in [1.807, 2.05) is 13.8 Å². The molecule has 0 saturated carbocycles. The summed E-state index contributed by atoms with van der Waals surface area (Å²) in [7, 11) is 1.63. The summed E-state index contributed by atoms with van der Waals surface area (Å²) in [6, 6.07) is 6.91. The lowest BCUT2D eigenvalue weighted by Gasteiger charge is -2.24. The van der Waals surface area contributed by atoms with Gasteiger partial charge in [-0.1, -0.05) is 12.1 Å². The van der Waals surface area contributed by atoms with E-state index in [0.717, 1.165) is 0 Å². The number of hydrogen-bond acceptors (Lipinski definition) is 4. The van der Waals surface area contributed by atoms with Gasteiger partial charge in [-0.05, 0) is 26.0 Å². The Kier molecular flexibility index (Phi) is 5.87. The maximum Gasteiger partial charge on any atom is 0.255 e. The highest BCUT2D eigenvalue weighted by Crippen LogP contribution is 2.30. The van der Waals surface area contributed by atoms with Gasteiger partial charge >= 0.3 is 0 Å². The Morgan fingerprint density at radius 2 is 1.92 bits per heavy atom. The quantitative estimate of drug-likeness (QED) is 0.716. The van der Waals surface area contributed by atoms with Crippen molar-refractivity contribution in [3.8, 4) is 0 Å². The lowest BCUT2D eigenvalue weighted by atomic mass is 10.1. The minimum Gasteiger partial charge on any atom is -0.339 e. The van der Waals surface area contributed by atoms with Gasteiger partial charge in [0.15, 0.2) is 0 Å². The molecule has 1 unspecified atom stereocenters. The molecule has 0 aromatic heterocycles. The summed E-state index contributed by atoms with van der Waals surface area (Å²) in [5.41, 5.74) is 0.970. The lowest BCUT2D eigenvalue weighted by molar-refractivity contribution is -0.117. The SMILES string of the molecule is CCN(CC)C(=O)c1ccccc1N1CC(CS(=O)(=O)Cl)CC1=O. The van der Waals surface area contributed by atoms with Crippen LogP contribution in [0.2, 0.25) is 0 Å². The van der Waals surface area contributed by atoms with Crippen LogP contribution in [0.3, 0.4) is 0 Å². The number of benzene rings is 1. The van der Waals surface area contributed by atoms with E-state index in [9.17, 15) is 18.0 Å². The average Bonchev–Trinajstić information content (AvgIpc) is 2.86. The van der Waals surface area contributed by atoms with Crippen molar-refractivity contribution in [2.75, 3.05) is 30.3 Å². The van der Waals surface area contributed by atoms with Crippen LogP contribution >= 0.6 is 10.7 Å². The zero-order valence-corrected chi connectivity index (χ0v) is 15.3. The number of rotatable bonds is 6. The molecular formula is C16H21ClN2O4S. The number of halogens is 1. The fourth-order valence-corrected chi connectivity index (χ4v) is 4.30. The molecule has 24 heavy (non-hydrogen) atoms. The van der Waals surface area contributed by atoms with E-state index in [-0.39, 0.29) is 36.5 Å². The number of nitrogens with zero attached hydrogens (tertiary/aromatic N) is 2. The summed E-state index contributed by atoms with van der Waals surface area (Å²) >= 11 is 0. The molecule has 2 amide bonds. The molecule has 1 aliphatic heterocycles. The largest absolute Gasteiger partial charge is 0.339 e. The Balaban J connectivity index is 2.30. The van der Waals surface area contributed by atoms with Crippen LogP contribution in [0, 0.1) is 5.92 Å². The Labute approximate surface area is 146 Å². The van der Waals surface area contributed by atoms with Crippen molar-refractivity contribution in [1.82, 2.24) is 4.90 Å². The minimum atomic E-state index is -3.67. The van der Waals surface area contributed by atoms with Crippen LogP contribution in [-0.2, 0) is 13.8 Å². The molecule has 1 aromatic carbocycles. The third kappa shape index (κ3) is 4.27.